The van der Waals surface area contributed by atoms with Gasteiger partial charge < -0.3 is 9.53 Å². The van der Waals surface area contributed by atoms with Crippen molar-refractivity contribution in [3.63, 3.8) is 0 Å². The van der Waals surface area contributed by atoms with E-state index in [2.05, 4.69) is 0 Å². The van der Waals surface area contributed by atoms with Crippen molar-refractivity contribution < 1.29 is 14.3 Å². The van der Waals surface area contributed by atoms with E-state index in [0.717, 1.165) is 38.4 Å². The summed E-state index contributed by atoms with van der Waals surface area (Å²) in [4.78, 5) is 21.6. The third kappa shape index (κ3) is 6.18. The molecule has 0 saturated heterocycles. The van der Waals surface area contributed by atoms with Gasteiger partial charge in [-0.05, 0) is 25.0 Å². The third-order valence-electron chi connectivity index (χ3n) is 2.71. The highest BCUT2D eigenvalue weighted by Gasteiger charge is 2.04. The van der Waals surface area contributed by atoms with Crippen molar-refractivity contribution in [2.75, 3.05) is 6.61 Å². The second kappa shape index (κ2) is 9.40. The van der Waals surface area contributed by atoms with Crippen molar-refractivity contribution in [2.45, 2.75) is 38.5 Å². The predicted molar refractivity (Wildman–Crippen MR) is 70.5 cm³/mol. The highest BCUT2D eigenvalue weighted by molar-refractivity contribution is 5.89. The zero-order valence-corrected chi connectivity index (χ0v) is 10.6. The van der Waals surface area contributed by atoms with E-state index in [9.17, 15) is 9.59 Å². The summed E-state index contributed by atoms with van der Waals surface area (Å²) in [6, 6.07) is 9.02. The fraction of sp³-hybridized carbons (Fsp3) is 0.467. The van der Waals surface area contributed by atoms with E-state index in [1.165, 1.54) is 0 Å². The molecule has 1 rings (SSSR count). The Bertz CT molecular complexity index is 346. The number of esters is 1. The maximum absolute atomic E-state index is 11.6. The molecule has 0 amide bonds. The SMILES string of the molecule is O=CCCCCCCCOC(=O)c1ccccc1. The number of unbranched alkanes of at least 4 members (excludes halogenated alkanes) is 5. The number of aldehydes is 1. The number of hydrogen-bond acceptors (Lipinski definition) is 3. The average molecular weight is 248 g/mol. The van der Waals surface area contributed by atoms with Gasteiger partial charge in [-0.1, -0.05) is 37.5 Å². The summed E-state index contributed by atoms with van der Waals surface area (Å²) in [7, 11) is 0. The molecular formula is C15H20O3. The second-order valence-electron chi connectivity index (χ2n) is 4.23. The molecular weight excluding hydrogens is 228 g/mol. The molecule has 0 aliphatic carbocycles. The van der Waals surface area contributed by atoms with E-state index in [1.54, 1.807) is 12.1 Å². The molecule has 0 bridgehead atoms. The Morgan fingerprint density at radius 2 is 1.67 bits per heavy atom. The maximum atomic E-state index is 11.6. The van der Waals surface area contributed by atoms with Crippen LogP contribution in [-0.2, 0) is 9.53 Å². The van der Waals surface area contributed by atoms with Crippen molar-refractivity contribution in [3.05, 3.63) is 35.9 Å². The minimum atomic E-state index is -0.253. The molecule has 18 heavy (non-hydrogen) atoms. The van der Waals surface area contributed by atoms with E-state index in [-0.39, 0.29) is 5.97 Å². The summed E-state index contributed by atoms with van der Waals surface area (Å²) < 4.78 is 5.16. The number of ether oxygens (including phenoxy) is 1. The first-order chi connectivity index (χ1) is 8.84. The van der Waals surface area contributed by atoms with Gasteiger partial charge in [0.1, 0.15) is 6.29 Å². The van der Waals surface area contributed by atoms with Gasteiger partial charge in [-0.15, -0.1) is 0 Å². The Kier molecular flexibility index (Phi) is 7.53. The second-order valence-corrected chi connectivity index (χ2v) is 4.23. The number of carbonyl (C=O) groups excluding carboxylic acids is 2. The first kappa shape index (κ1) is 14.4. The molecule has 0 fully saturated rings. The summed E-state index contributed by atoms with van der Waals surface area (Å²) in [5, 5.41) is 0. The summed E-state index contributed by atoms with van der Waals surface area (Å²) in [5.74, 6) is -0.253. The lowest BCUT2D eigenvalue weighted by atomic mass is 10.1. The lowest BCUT2D eigenvalue weighted by Crippen LogP contribution is -2.06. The summed E-state index contributed by atoms with van der Waals surface area (Å²) in [6.45, 7) is 0.474. The van der Waals surface area contributed by atoms with E-state index in [4.69, 9.17) is 4.74 Å². The van der Waals surface area contributed by atoms with E-state index >= 15 is 0 Å². The van der Waals surface area contributed by atoms with Crippen molar-refractivity contribution in [2.24, 2.45) is 0 Å². The molecule has 0 radical (unpaired) electrons. The zero-order valence-electron chi connectivity index (χ0n) is 10.6. The van der Waals surface area contributed by atoms with Crippen LogP contribution in [0, 0.1) is 0 Å². The Labute approximate surface area is 108 Å². The molecule has 0 aromatic heterocycles. The van der Waals surface area contributed by atoms with E-state index in [0.29, 0.717) is 18.6 Å². The topological polar surface area (TPSA) is 43.4 Å². The van der Waals surface area contributed by atoms with Gasteiger partial charge >= 0.3 is 5.97 Å². The van der Waals surface area contributed by atoms with Crippen LogP contribution in [0.5, 0.6) is 0 Å². The number of carbonyl (C=O) groups is 2. The van der Waals surface area contributed by atoms with Crippen LogP contribution in [0.15, 0.2) is 30.3 Å². The average Bonchev–Trinajstić information content (AvgIpc) is 2.42. The molecule has 0 aliphatic heterocycles. The van der Waals surface area contributed by atoms with Gasteiger partial charge in [0.15, 0.2) is 0 Å². The van der Waals surface area contributed by atoms with Gasteiger partial charge in [-0.2, -0.15) is 0 Å². The molecule has 0 atom stereocenters. The van der Waals surface area contributed by atoms with Crippen molar-refractivity contribution in [1.29, 1.82) is 0 Å². The minimum absolute atomic E-state index is 0.253. The predicted octanol–water partition coefficient (Wildman–Crippen LogP) is 3.38. The molecule has 3 heteroatoms. The van der Waals surface area contributed by atoms with E-state index in [1.807, 2.05) is 18.2 Å². The first-order valence-corrected chi connectivity index (χ1v) is 6.50. The zero-order chi connectivity index (χ0) is 13.1. The number of rotatable bonds is 9. The van der Waals surface area contributed by atoms with Crippen LogP contribution in [-0.4, -0.2) is 18.9 Å². The van der Waals surface area contributed by atoms with Crippen LogP contribution in [0.3, 0.4) is 0 Å². The Morgan fingerprint density at radius 1 is 1.00 bits per heavy atom. The molecule has 0 heterocycles. The normalized spacial score (nSPS) is 10.0. The van der Waals surface area contributed by atoms with Gasteiger partial charge in [-0.25, -0.2) is 4.79 Å². The van der Waals surface area contributed by atoms with Crippen LogP contribution in [0.25, 0.3) is 0 Å². The fourth-order valence-electron chi connectivity index (χ4n) is 1.68. The highest BCUT2D eigenvalue weighted by atomic mass is 16.5. The molecule has 1 aromatic rings. The molecule has 98 valence electrons. The molecule has 0 unspecified atom stereocenters. The van der Waals surface area contributed by atoms with Crippen LogP contribution in [0.2, 0.25) is 0 Å². The van der Waals surface area contributed by atoms with Gasteiger partial charge in [0, 0.05) is 6.42 Å². The van der Waals surface area contributed by atoms with Gasteiger partial charge in [-0.3, -0.25) is 0 Å². The smallest absolute Gasteiger partial charge is 0.338 e. The molecule has 3 nitrogen and oxygen atoms in total. The van der Waals surface area contributed by atoms with Gasteiger partial charge in [0.05, 0.1) is 12.2 Å². The number of benzene rings is 1. The lowest BCUT2D eigenvalue weighted by Gasteiger charge is -2.04. The lowest BCUT2D eigenvalue weighted by molar-refractivity contribution is -0.107. The summed E-state index contributed by atoms with van der Waals surface area (Å²) in [5.41, 5.74) is 0.600. The molecule has 0 N–H and O–H groups in total. The van der Waals surface area contributed by atoms with Crippen LogP contribution in [0.4, 0.5) is 0 Å². The van der Waals surface area contributed by atoms with Crippen molar-refractivity contribution in [3.8, 4) is 0 Å². The Hall–Kier alpha value is -1.64. The highest BCUT2D eigenvalue weighted by Crippen LogP contribution is 2.06. The first-order valence-electron chi connectivity index (χ1n) is 6.50. The van der Waals surface area contributed by atoms with Crippen molar-refractivity contribution >= 4 is 12.3 Å². The standard InChI is InChI=1S/C15H20O3/c16-12-8-3-1-2-4-9-13-18-15(17)14-10-6-5-7-11-14/h5-7,10-12H,1-4,8-9,13H2. The fourth-order valence-corrected chi connectivity index (χ4v) is 1.68. The monoisotopic (exact) mass is 248 g/mol. The largest absolute Gasteiger partial charge is 0.462 e. The minimum Gasteiger partial charge on any atom is -0.462 e. The van der Waals surface area contributed by atoms with Gasteiger partial charge in [0.2, 0.25) is 0 Å². The van der Waals surface area contributed by atoms with Crippen LogP contribution >= 0.6 is 0 Å². The van der Waals surface area contributed by atoms with Crippen molar-refractivity contribution in [1.82, 2.24) is 0 Å². The quantitative estimate of drug-likeness (QED) is 0.382. The van der Waals surface area contributed by atoms with Gasteiger partial charge in [0.25, 0.3) is 0 Å². The summed E-state index contributed by atoms with van der Waals surface area (Å²) in [6.07, 6.45) is 6.68. The molecule has 0 spiro atoms. The molecule has 0 aliphatic rings. The summed E-state index contributed by atoms with van der Waals surface area (Å²) >= 11 is 0. The number of hydrogen-bond donors (Lipinski definition) is 0. The Balaban J connectivity index is 2.01. The molecule has 0 saturated carbocycles. The Morgan fingerprint density at radius 3 is 2.39 bits per heavy atom. The molecule has 1 aromatic carbocycles. The van der Waals surface area contributed by atoms with E-state index < -0.39 is 0 Å². The third-order valence-corrected chi connectivity index (χ3v) is 2.71. The van der Waals surface area contributed by atoms with Crippen LogP contribution < -0.4 is 0 Å². The maximum Gasteiger partial charge on any atom is 0.338 e. The van der Waals surface area contributed by atoms with Crippen LogP contribution in [0.1, 0.15) is 48.9 Å².